The maximum Gasteiger partial charge on any atom is -0.0159 e. The second kappa shape index (κ2) is 10.0. The van der Waals surface area contributed by atoms with Gasteiger partial charge in [0.25, 0.3) is 0 Å². The largest absolute Gasteiger partial charge is 0.724 e. The molecule has 0 atom stereocenters. The fraction of sp³-hybridized carbons (Fsp3) is 0.222. The Balaban J connectivity index is 0.000000639. The number of nitrogens with zero attached hydrogens (tertiary/aromatic N) is 2. The van der Waals surface area contributed by atoms with Crippen LogP contribution in [0.5, 0.6) is 0 Å². The maximum atomic E-state index is 8.24. The summed E-state index contributed by atoms with van der Waals surface area (Å²) >= 11 is 0. The number of isocyanates is 2. The van der Waals surface area contributed by atoms with Crippen LogP contribution >= 0.6 is 0 Å². The van der Waals surface area contributed by atoms with Crippen LogP contribution in [0, 0.1) is 27.7 Å². The van der Waals surface area contributed by atoms with Crippen LogP contribution in [0.2, 0.25) is 0 Å². The lowest BCUT2D eigenvalue weighted by Crippen LogP contribution is -1.85. The monoisotopic (exact) mass is 294 g/mol. The van der Waals surface area contributed by atoms with Crippen LogP contribution in [0.25, 0.3) is 21.9 Å². The molecular weight excluding hydrogens is 276 g/mol. The molecule has 0 spiro atoms. The van der Waals surface area contributed by atoms with Crippen LogP contribution in [0.3, 0.4) is 0 Å². The summed E-state index contributed by atoms with van der Waals surface area (Å²) in [6.45, 7) is 8.61. The minimum absolute atomic E-state index is 0.500. The van der Waals surface area contributed by atoms with E-state index >= 15 is 0 Å². The van der Waals surface area contributed by atoms with Gasteiger partial charge in [-0.2, -0.15) is 0 Å². The van der Waals surface area contributed by atoms with Gasteiger partial charge in [0, 0.05) is 0 Å². The van der Waals surface area contributed by atoms with Crippen molar-refractivity contribution >= 4 is 12.2 Å². The highest BCUT2D eigenvalue weighted by molar-refractivity contribution is 5.66. The Morgan fingerprint density at radius 3 is 0.955 bits per heavy atom. The average molecular weight is 294 g/mol. The first-order chi connectivity index (χ1) is 10.4. The molecule has 0 bridgehead atoms. The Bertz CT molecular complexity index is 592. The summed E-state index contributed by atoms with van der Waals surface area (Å²) in [5.41, 5.74) is 7.96. The van der Waals surface area contributed by atoms with E-state index in [4.69, 9.17) is 20.4 Å². The first kappa shape index (κ1) is 19.2. The molecule has 0 fully saturated rings. The van der Waals surface area contributed by atoms with Gasteiger partial charge in [-0.05, 0) is 51.0 Å². The van der Waals surface area contributed by atoms with Gasteiger partial charge in [-0.3, -0.25) is 9.59 Å². The number of rotatable bonds is 1. The van der Waals surface area contributed by atoms with Gasteiger partial charge in [0.1, 0.15) is 0 Å². The molecule has 22 heavy (non-hydrogen) atoms. The Labute approximate surface area is 130 Å². The van der Waals surface area contributed by atoms with E-state index in [2.05, 4.69) is 64.1 Å². The highest BCUT2D eigenvalue weighted by Gasteiger charge is 2.01. The zero-order valence-electron chi connectivity index (χ0n) is 13.2. The third kappa shape index (κ3) is 7.11. The van der Waals surface area contributed by atoms with Crippen molar-refractivity contribution in [3.05, 3.63) is 69.5 Å². The Morgan fingerprint density at radius 2 is 0.773 bits per heavy atom. The van der Waals surface area contributed by atoms with E-state index < -0.39 is 0 Å². The zero-order chi connectivity index (χ0) is 17.1. The summed E-state index contributed by atoms with van der Waals surface area (Å²) in [7, 11) is 0. The molecule has 0 aliphatic rings. The van der Waals surface area contributed by atoms with Gasteiger partial charge in [0.15, 0.2) is 0 Å². The molecule has 0 saturated carbocycles. The van der Waals surface area contributed by atoms with E-state index in [1.165, 1.54) is 33.4 Å². The van der Waals surface area contributed by atoms with E-state index in [-0.39, 0.29) is 0 Å². The number of carbonyl (C=O) groups excluding carboxylic acids is 2. The normalized spacial score (nSPS) is 8.36. The summed E-state index contributed by atoms with van der Waals surface area (Å²) in [5.74, 6) is 0. The second-order valence-electron chi connectivity index (χ2n) is 4.94. The Hall–Kier alpha value is -2.80. The molecule has 0 aromatic heterocycles. The first-order valence-corrected chi connectivity index (χ1v) is 6.57. The van der Waals surface area contributed by atoms with Crippen molar-refractivity contribution < 1.29 is 9.59 Å². The van der Waals surface area contributed by atoms with Gasteiger partial charge in [0.05, 0.1) is 0 Å². The molecule has 0 radical (unpaired) electrons. The summed E-state index contributed by atoms with van der Waals surface area (Å²) < 4.78 is 0. The molecule has 2 aromatic carbocycles. The van der Waals surface area contributed by atoms with Crippen molar-refractivity contribution in [3.8, 4) is 11.1 Å². The fourth-order valence-electron chi connectivity index (χ4n) is 2.28. The van der Waals surface area contributed by atoms with Gasteiger partial charge < -0.3 is 10.8 Å². The van der Waals surface area contributed by atoms with Crippen molar-refractivity contribution in [3.63, 3.8) is 0 Å². The van der Waals surface area contributed by atoms with Crippen LogP contribution < -0.4 is 0 Å². The molecule has 0 heterocycles. The van der Waals surface area contributed by atoms with Crippen molar-refractivity contribution in [2.75, 3.05) is 0 Å². The molecule has 0 aliphatic heterocycles. The van der Waals surface area contributed by atoms with E-state index in [1.807, 2.05) is 0 Å². The molecule has 2 rings (SSSR count). The van der Waals surface area contributed by atoms with Crippen molar-refractivity contribution in [2.24, 2.45) is 0 Å². The van der Waals surface area contributed by atoms with Gasteiger partial charge in [-0.1, -0.05) is 58.7 Å². The molecule has 4 nitrogen and oxygen atoms in total. The van der Waals surface area contributed by atoms with Crippen LogP contribution in [-0.2, 0) is 9.59 Å². The molecule has 0 aliphatic carbocycles. The van der Waals surface area contributed by atoms with Gasteiger partial charge in [-0.25, -0.2) is 0 Å². The van der Waals surface area contributed by atoms with Crippen molar-refractivity contribution in [2.45, 2.75) is 27.7 Å². The Morgan fingerprint density at radius 1 is 0.591 bits per heavy atom. The lowest BCUT2D eigenvalue weighted by molar-refractivity contribution is 0.568. The van der Waals surface area contributed by atoms with Gasteiger partial charge in [0.2, 0.25) is 0 Å². The highest BCUT2D eigenvalue weighted by atomic mass is 16.1. The predicted molar refractivity (Wildman–Crippen MR) is 88.9 cm³/mol. The molecule has 4 heteroatoms. The standard InChI is InChI=1S/C16H18.2CNO/c1-11-5-12(2)8-15(7-11)16-9-13(3)6-14(4)10-16;2*2-1-3/h5-10H,1-4H3;;/q;2*-1. The highest BCUT2D eigenvalue weighted by Crippen LogP contribution is 2.24. The second-order valence-corrected chi connectivity index (χ2v) is 4.94. The first-order valence-electron chi connectivity index (χ1n) is 6.57. The molecule has 0 unspecified atom stereocenters. The SMILES string of the molecule is Cc1cc(C)cc(-c2cc(C)cc(C)c2)c1.[N-]=C=O.[N-]=C=O. The van der Waals surface area contributed by atoms with Gasteiger partial charge in [-0.15, -0.1) is 0 Å². The van der Waals surface area contributed by atoms with E-state index in [1.54, 1.807) is 0 Å². The van der Waals surface area contributed by atoms with Crippen LogP contribution in [0.15, 0.2) is 36.4 Å². The summed E-state index contributed by atoms with van der Waals surface area (Å²) in [5, 5.41) is 13.5. The number of aryl methyl sites for hydroxylation is 4. The van der Waals surface area contributed by atoms with Crippen molar-refractivity contribution in [1.29, 1.82) is 0 Å². The maximum absolute atomic E-state index is 8.24. The Kier molecular flexibility index (Phi) is 8.73. The number of hydrogen-bond acceptors (Lipinski definition) is 2. The molecule has 0 N–H and O–H groups in total. The molecule has 0 saturated heterocycles. The fourth-order valence-corrected chi connectivity index (χ4v) is 2.28. The summed E-state index contributed by atoms with van der Waals surface area (Å²) in [4.78, 5) is 16.5. The average Bonchev–Trinajstić information content (AvgIpc) is 2.38. The molecule has 2 aromatic rings. The summed E-state index contributed by atoms with van der Waals surface area (Å²) in [6.07, 6.45) is 1.00. The van der Waals surface area contributed by atoms with E-state index in [0.29, 0.717) is 12.2 Å². The van der Waals surface area contributed by atoms with Crippen LogP contribution in [-0.4, -0.2) is 12.2 Å². The third-order valence-corrected chi connectivity index (χ3v) is 2.78. The molecule has 0 amide bonds. The molecular formula is C18H18N2O2-2. The van der Waals surface area contributed by atoms with Gasteiger partial charge >= 0.3 is 0 Å². The zero-order valence-corrected chi connectivity index (χ0v) is 13.2. The minimum atomic E-state index is 0.500. The smallest absolute Gasteiger partial charge is 0.0159 e. The number of benzene rings is 2. The van der Waals surface area contributed by atoms with Crippen molar-refractivity contribution in [1.82, 2.24) is 0 Å². The summed E-state index contributed by atoms with van der Waals surface area (Å²) in [6, 6.07) is 13.4. The minimum Gasteiger partial charge on any atom is -0.724 e. The lowest BCUT2D eigenvalue weighted by atomic mass is 9.98. The topological polar surface area (TPSA) is 78.7 Å². The third-order valence-electron chi connectivity index (χ3n) is 2.78. The predicted octanol–water partition coefficient (Wildman–Crippen LogP) is 4.37. The number of hydrogen-bond donors (Lipinski definition) is 0. The van der Waals surface area contributed by atoms with E-state index in [0.717, 1.165) is 0 Å². The van der Waals surface area contributed by atoms with E-state index in [9.17, 15) is 0 Å². The lowest BCUT2D eigenvalue weighted by Gasteiger charge is -2.07. The molecule has 114 valence electrons. The quantitative estimate of drug-likeness (QED) is 0.578. The van der Waals surface area contributed by atoms with Crippen LogP contribution in [0.1, 0.15) is 22.3 Å². The van der Waals surface area contributed by atoms with Crippen LogP contribution in [0.4, 0.5) is 0 Å².